The maximum absolute atomic E-state index is 4.25. The smallest absolute Gasteiger partial charge is 0.00979 e. The van der Waals surface area contributed by atoms with Gasteiger partial charge in [0.15, 0.2) is 0 Å². The molecule has 0 bridgehead atoms. The van der Waals surface area contributed by atoms with Crippen molar-refractivity contribution in [1.29, 1.82) is 0 Å². The van der Waals surface area contributed by atoms with Crippen LogP contribution in [0.3, 0.4) is 0 Å². The quantitative estimate of drug-likeness (QED) is 0.199. The topological polar surface area (TPSA) is 0 Å². The molecule has 0 nitrogen and oxygen atoms in total. The lowest BCUT2D eigenvalue weighted by atomic mass is 9.94. The lowest BCUT2D eigenvalue weighted by molar-refractivity contribution is 0.534. The molecule has 1 unspecified atom stereocenters. The van der Waals surface area contributed by atoms with Crippen LogP contribution in [-0.2, 0) is 0 Å². The first-order valence-corrected chi connectivity index (χ1v) is 9.25. The Bertz CT molecular complexity index is 242. The van der Waals surface area contributed by atoms with E-state index in [1.54, 1.807) is 0 Å². The monoisotopic (exact) mass is 296 g/mol. The molecule has 0 saturated carbocycles. The van der Waals surface area contributed by atoms with Gasteiger partial charge in [0.1, 0.15) is 0 Å². The zero-order valence-corrected chi connectivity index (χ0v) is 14.8. The summed E-state index contributed by atoms with van der Waals surface area (Å²) in [6.07, 6.45) is 19.4. The molecule has 0 fully saturated rings. The van der Waals surface area contributed by atoms with Gasteiger partial charge in [-0.1, -0.05) is 63.2 Å². The Balaban J connectivity index is 3.73. The van der Waals surface area contributed by atoms with Crippen molar-refractivity contribution in [3.63, 3.8) is 0 Å². The summed E-state index contributed by atoms with van der Waals surface area (Å²) in [5, 5.41) is 0. The third-order valence-corrected chi connectivity index (χ3v) is 4.04. The fourth-order valence-electron chi connectivity index (χ4n) is 2.56. The highest BCUT2D eigenvalue weighted by Gasteiger charge is 2.04. The van der Waals surface area contributed by atoms with Gasteiger partial charge in [0.2, 0.25) is 0 Å². The van der Waals surface area contributed by atoms with Crippen LogP contribution < -0.4 is 0 Å². The van der Waals surface area contributed by atoms with Crippen LogP contribution in [0.25, 0.3) is 0 Å². The Morgan fingerprint density at radius 1 is 1.05 bits per heavy atom. The minimum Gasteiger partial charge on any atom is -0.179 e. The molecule has 0 amide bonds. The zero-order valence-electron chi connectivity index (χ0n) is 13.9. The molecule has 0 aromatic heterocycles. The maximum Gasteiger partial charge on any atom is -0.00979 e. The molecule has 1 atom stereocenters. The number of hydrogen-bond donors (Lipinski definition) is 1. The summed E-state index contributed by atoms with van der Waals surface area (Å²) < 4.78 is 0. The van der Waals surface area contributed by atoms with E-state index in [-0.39, 0.29) is 0 Å². The predicted molar refractivity (Wildman–Crippen MR) is 97.8 cm³/mol. The third-order valence-electron chi connectivity index (χ3n) is 3.73. The number of rotatable bonds is 14. The van der Waals surface area contributed by atoms with Gasteiger partial charge >= 0.3 is 0 Å². The summed E-state index contributed by atoms with van der Waals surface area (Å²) in [5.41, 5.74) is 1.32. The Hall–Kier alpha value is -0.170. The van der Waals surface area contributed by atoms with Crippen LogP contribution in [-0.4, -0.2) is 5.75 Å². The first-order valence-electron chi connectivity index (χ1n) is 8.62. The van der Waals surface area contributed by atoms with Crippen molar-refractivity contribution in [3.05, 3.63) is 24.3 Å². The minimum absolute atomic E-state index is 0.725. The first kappa shape index (κ1) is 19.8. The van der Waals surface area contributed by atoms with E-state index in [9.17, 15) is 0 Å². The van der Waals surface area contributed by atoms with Crippen LogP contribution in [0, 0.1) is 5.92 Å². The van der Waals surface area contributed by atoms with Crippen molar-refractivity contribution in [2.75, 3.05) is 5.75 Å². The van der Waals surface area contributed by atoms with E-state index in [0.717, 1.165) is 11.7 Å². The molecule has 0 aromatic carbocycles. The third kappa shape index (κ3) is 14.2. The highest BCUT2D eigenvalue weighted by molar-refractivity contribution is 7.80. The SMILES string of the molecule is C=C(C)CC(/C=C\CCCCCCCS)CCCCC. The average molecular weight is 297 g/mol. The van der Waals surface area contributed by atoms with Crippen LogP contribution in [0.15, 0.2) is 24.3 Å². The zero-order chi connectivity index (χ0) is 15.1. The molecule has 0 N–H and O–H groups in total. The van der Waals surface area contributed by atoms with Crippen molar-refractivity contribution in [2.45, 2.75) is 84.5 Å². The summed E-state index contributed by atoms with van der Waals surface area (Å²) in [7, 11) is 0. The van der Waals surface area contributed by atoms with Gasteiger partial charge in [-0.15, -0.1) is 6.58 Å². The molecule has 0 heterocycles. The van der Waals surface area contributed by atoms with Gasteiger partial charge in [0.25, 0.3) is 0 Å². The Morgan fingerprint density at radius 3 is 2.40 bits per heavy atom. The van der Waals surface area contributed by atoms with Crippen molar-refractivity contribution in [2.24, 2.45) is 5.92 Å². The number of hydrogen-bond acceptors (Lipinski definition) is 1. The van der Waals surface area contributed by atoms with E-state index in [0.29, 0.717) is 0 Å². The molecule has 0 rings (SSSR count). The summed E-state index contributed by atoms with van der Waals surface area (Å²) in [5.74, 6) is 1.77. The lowest BCUT2D eigenvalue weighted by Gasteiger charge is -2.12. The molecule has 0 saturated heterocycles. The normalized spacial score (nSPS) is 12.9. The maximum atomic E-state index is 4.25. The average Bonchev–Trinajstić information content (AvgIpc) is 2.41. The molecule has 20 heavy (non-hydrogen) atoms. The minimum atomic E-state index is 0.725. The van der Waals surface area contributed by atoms with Crippen molar-refractivity contribution >= 4 is 12.6 Å². The fraction of sp³-hybridized carbons (Fsp3) is 0.789. The van der Waals surface area contributed by atoms with E-state index in [2.05, 4.69) is 45.2 Å². The van der Waals surface area contributed by atoms with Crippen molar-refractivity contribution in [1.82, 2.24) is 0 Å². The standard InChI is InChI=1S/C19H36S/c1-4-5-11-14-19(17-18(2)3)15-12-9-7-6-8-10-13-16-20/h12,15,19-20H,2,4-11,13-14,16-17H2,1,3H3/b15-12-. The molecule has 1 heteroatoms. The van der Waals surface area contributed by atoms with E-state index in [1.165, 1.54) is 76.2 Å². The van der Waals surface area contributed by atoms with Gasteiger partial charge < -0.3 is 0 Å². The molecule has 0 aliphatic rings. The first-order chi connectivity index (χ1) is 9.70. The van der Waals surface area contributed by atoms with Crippen LogP contribution in [0.1, 0.15) is 84.5 Å². The molecule has 0 aliphatic heterocycles. The van der Waals surface area contributed by atoms with Crippen LogP contribution in [0.4, 0.5) is 0 Å². The highest BCUT2D eigenvalue weighted by atomic mass is 32.1. The second kappa shape index (κ2) is 15.2. The van der Waals surface area contributed by atoms with Gasteiger partial charge in [-0.3, -0.25) is 0 Å². The second-order valence-electron chi connectivity index (χ2n) is 6.13. The van der Waals surface area contributed by atoms with Gasteiger partial charge in [-0.25, -0.2) is 0 Å². The van der Waals surface area contributed by atoms with Crippen LogP contribution in [0.2, 0.25) is 0 Å². The van der Waals surface area contributed by atoms with Crippen molar-refractivity contribution in [3.8, 4) is 0 Å². The molecular formula is C19H36S. The molecule has 0 spiro atoms. The van der Waals surface area contributed by atoms with Crippen LogP contribution >= 0.6 is 12.6 Å². The molecule has 0 radical (unpaired) electrons. The summed E-state index contributed by atoms with van der Waals surface area (Å²) in [6, 6.07) is 0. The highest BCUT2D eigenvalue weighted by Crippen LogP contribution is 2.19. The largest absolute Gasteiger partial charge is 0.179 e. The molecule has 118 valence electrons. The van der Waals surface area contributed by atoms with Gasteiger partial charge in [0, 0.05) is 0 Å². The van der Waals surface area contributed by atoms with Crippen molar-refractivity contribution < 1.29 is 0 Å². The second-order valence-corrected chi connectivity index (χ2v) is 6.57. The Morgan fingerprint density at radius 2 is 1.75 bits per heavy atom. The van der Waals surface area contributed by atoms with Gasteiger partial charge in [-0.2, -0.15) is 12.6 Å². The molecule has 0 aromatic rings. The Labute approximate surface area is 133 Å². The lowest BCUT2D eigenvalue weighted by Crippen LogP contribution is -1.97. The number of unbranched alkanes of at least 4 members (excludes halogenated alkanes) is 7. The van der Waals surface area contributed by atoms with E-state index >= 15 is 0 Å². The van der Waals surface area contributed by atoms with E-state index in [1.807, 2.05) is 0 Å². The number of allylic oxidation sites excluding steroid dienone is 3. The van der Waals surface area contributed by atoms with Crippen LogP contribution in [0.5, 0.6) is 0 Å². The predicted octanol–water partition coefficient (Wildman–Crippen LogP) is 6.98. The summed E-state index contributed by atoms with van der Waals surface area (Å²) in [6.45, 7) is 8.50. The van der Waals surface area contributed by atoms with Gasteiger partial charge in [-0.05, 0) is 50.7 Å². The van der Waals surface area contributed by atoms with Gasteiger partial charge in [0.05, 0.1) is 0 Å². The van der Waals surface area contributed by atoms with E-state index in [4.69, 9.17) is 0 Å². The number of thiol groups is 1. The van der Waals surface area contributed by atoms with E-state index < -0.39 is 0 Å². The molecular weight excluding hydrogens is 260 g/mol. The summed E-state index contributed by atoms with van der Waals surface area (Å²) >= 11 is 4.25. The Kier molecular flexibility index (Phi) is 15.1. The summed E-state index contributed by atoms with van der Waals surface area (Å²) in [4.78, 5) is 0. The fourth-order valence-corrected chi connectivity index (χ4v) is 2.79. The molecule has 0 aliphatic carbocycles.